The molecule has 0 fully saturated rings. The van der Waals surface area contributed by atoms with Crippen LogP contribution in [-0.4, -0.2) is 43.3 Å². The van der Waals surface area contributed by atoms with E-state index in [4.69, 9.17) is 24.3 Å². The summed E-state index contributed by atoms with van der Waals surface area (Å²) in [6.45, 7) is 4.25. The molecule has 46 heavy (non-hydrogen) atoms. The van der Waals surface area contributed by atoms with E-state index in [1.165, 1.54) is 135 Å². The zero-order valence-electron chi connectivity index (χ0n) is 30.1. The van der Waals surface area contributed by atoms with Crippen LogP contribution in [0.3, 0.4) is 0 Å². The topological polar surface area (TPSA) is 117 Å². The molecule has 0 saturated heterocycles. The van der Waals surface area contributed by atoms with Crippen LogP contribution in [0, 0.1) is 0 Å². The van der Waals surface area contributed by atoms with Crippen molar-refractivity contribution in [1.82, 2.24) is 0 Å². The molecule has 0 aliphatic heterocycles. The van der Waals surface area contributed by atoms with Gasteiger partial charge in [-0.25, -0.2) is 4.57 Å². The Balaban J connectivity index is 4.12. The zero-order chi connectivity index (χ0) is 33.8. The molecule has 0 radical (unpaired) electrons. The molecular formula is C37H74NO7P. The summed E-state index contributed by atoms with van der Waals surface area (Å²) in [5, 5.41) is 0. The molecule has 0 amide bonds. The summed E-state index contributed by atoms with van der Waals surface area (Å²) in [5.41, 5.74) is 5.34. The molecule has 3 N–H and O–H groups in total. The number of rotatable bonds is 37. The smallest absolute Gasteiger partial charge is 0.472 e. The van der Waals surface area contributed by atoms with Crippen LogP contribution in [-0.2, 0) is 27.9 Å². The predicted octanol–water partition coefficient (Wildman–Crippen LogP) is 11.1. The van der Waals surface area contributed by atoms with E-state index in [2.05, 4.69) is 13.8 Å². The summed E-state index contributed by atoms with van der Waals surface area (Å²) in [5.74, 6) is -0.351. The Morgan fingerprint density at radius 2 is 1.09 bits per heavy atom. The highest BCUT2D eigenvalue weighted by Crippen LogP contribution is 2.43. The van der Waals surface area contributed by atoms with Gasteiger partial charge in [-0.3, -0.25) is 13.8 Å². The Kier molecular flexibility index (Phi) is 34.7. The Morgan fingerprint density at radius 1 is 0.652 bits per heavy atom. The van der Waals surface area contributed by atoms with Crippen molar-refractivity contribution in [2.45, 2.75) is 193 Å². The number of esters is 1. The maximum atomic E-state index is 12.5. The number of hydrogen-bond acceptors (Lipinski definition) is 7. The van der Waals surface area contributed by atoms with E-state index in [1.807, 2.05) is 6.08 Å². The molecule has 2 atom stereocenters. The fourth-order valence-corrected chi connectivity index (χ4v) is 6.20. The predicted molar refractivity (Wildman–Crippen MR) is 192 cm³/mol. The van der Waals surface area contributed by atoms with Crippen molar-refractivity contribution >= 4 is 13.8 Å². The third-order valence-electron chi connectivity index (χ3n) is 8.28. The van der Waals surface area contributed by atoms with Crippen LogP contribution in [0.15, 0.2) is 12.3 Å². The van der Waals surface area contributed by atoms with E-state index in [1.54, 1.807) is 6.26 Å². The van der Waals surface area contributed by atoms with Gasteiger partial charge < -0.3 is 20.1 Å². The molecule has 0 spiro atoms. The summed E-state index contributed by atoms with van der Waals surface area (Å²) in [6, 6.07) is 0. The van der Waals surface area contributed by atoms with E-state index < -0.39 is 13.9 Å². The largest absolute Gasteiger partial charge is 0.498 e. The highest BCUT2D eigenvalue weighted by molar-refractivity contribution is 7.47. The van der Waals surface area contributed by atoms with Gasteiger partial charge in [0.25, 0.3) is 0 Å². The molecule has 0 bridgehead atoms. The number of allylic oxidation sites excluding steroid dienone is 1. The lowest BCUT2D eigenvalue weighted by Crippen LogP contribution is -2.27. The van der Waals surface area contributed by atoms with Crippen molar-refractivity contribution < 1.29 is 32.8 Å². The standard InChI is InChI=1S/C37H74NO7P/c1-3-5-7-9-11-13-15-17-19-21-23-25-27-29-32-42-34-36(35-44-46(40,41)43-33-31-38)45-37(39)30-28-26-24-22-20-18-16-14-12-10-8-6-4-2/h29,32,36H,3-28,30-31,33-35,38H2,1-2H3,(H,40,41). The zero-order valence-corrected chi connectivity index (χ0v) is 31.0. The fraction of sp³-hybridized carbons (Fsp3) is 0.919. The second-order valence-corrected chi connectivity index (χ2v) is 14.3. The third kappa shape index (κ3) is 34.4. The molecule has 0 aromatic heterocycles. The summed E-state index contributed by atoms with van der Waals surface area (Å²) in [4.78, 5) is 22.3. The first-order valence-corrected chi connectivity index (χ1v) is 20.7. The number of carbonyl (C=O) groups excluding carboxylic acids is 1. The Bertz CT molecular complexity index is 722. The average molecular weight is 676 g/mol. The van der Waals surface area contributed by atoms with Crippen molar-refractivity contribution in [3.05, 3.63) is 12.3 Å². The van der Waals surface area contributed by atoms with Crippen molar-refractivity contribution in [1.29, 1.82) is 0 Å². The van der Waals surface area contributed by atoms with E-state index in [9.17, 15) is 14.3 Å². The normalized spacial score (nSPS) is 13.7. The van der Waals surface area contributed by atoms with Gasteiger partial charge in [-0.05, 0) is 25.3 Å². The first kappa shape index (κ1) is 45.1. The lowest BCUT2D eigenvalue weighted by molar-refractivity contribution is -0.153. The Labute approximate surface area is 283 Å². The Hall–Kier alpha value is -0.920. The number of unbranched alkanes of at least 4 members (excludes halogenated alkanes) is 24. The van der Waals surface area contributed by atoms with Gasteiger partial charge in [0.2, 0.25) is 0 Å². The second kappa shape index (κ2) is 35.4. The van der Waals surface area contributed by atoms with Crippen LogP contribution in [0.4, 0.5) is 0 Å². The second-order valence-electron chi connectivity index (χ2n) is 12.9. The van der Waals surface area contributed by atoms with Crippen LogP contribution >= 0.6 is 7.82 Å². The SMILES string of the molecule is CCCCCCCCCCCCCCC=COCC(COP(=O)(O)OCCN)OC(=O)CCCCCCCCCCCCCCC. The average Bonchev–Trinajstić information content (AvgIpc) is 3.04. The van der Waals surface area contributed by atoms with Gasteiger partial charge in [0.15, 0.2) is 6.10 Å². The monoisotopic (exact) mass is 676 g/mol. The van der Waals surface area contributed by atoms with E-state index >= 15 is 0 Å². The van der Waals surface area contributed by atoms with Crippen molar-refractivity contribution in [3.8, 4) is 0 Å². The van der Waals surface area contributed by atoms with Crippen molar-refractivity contribution in [2.24, 2.45) is 5.73 Å². The van der Waals surface area contributed by atoms with Gasteiger partial charge in [-0.15, -0.1) is 0 Å². The number of nitrogens with two attached hydrogens (primary N) is 1. The molecule has 0 aromatic carbocycles. The van der Waals surface area contributed by atoms with Gasteiger partial charge in [0, 0.05) is 13.0 Å². The molecule has 8 nitrogen and oxygen atoms in total. The van der Waals surface area contributed by atoms with Crippen LogP contribution in [0.25, 0.3) is 0 Å². The Morgan fingerprint density at radius 3 is 1.54 bits per heavy atom. The van der Waals surface area contributed by atoms with Crippen LogP contribution in [0.1, 0.15) is 187 Å². The van der Waals surface area contributed by atoms with E-state index in [-0.39, 0.29) is 32.3 Å². The van der Waals surface area contributed by atoms with Crippen LogP contribution < -0.4 is 5.73 Å². The van der Waals surface area contributed by atoms with E-state index in [0.717, 1.165) is 32.1 Å². The number of phosphoric ester groups is 1. The lowest BCUT2D eigenvalue weighted by Gasteiger charge is -2.19. The van der Waals surface area contributed by atoms with Gasteiger partial charge in [-0.1, -0.05) is 162 Å². The molecule has 9 heteroatoms. The molecule has 0 aromatic rings. The summed E-state index contributed by atoms with van der Waals surface area (Å²) in [7, 11) is -4.28. The summed E-state index contributed by atoms with van der Waals surface area (Å²) in [6.07, 6.45) is 36.0. The first-order valence-electron chi connectivity index (χ1n) is 19.2. The molecule has 0 saturated carbocycles. The fourth-order valence-electron chi connectivity index (χ4n) is 5.43. The van der Waals surface area contributed by atoms with Gasteiger partial charge in [0.05, 0.1) is 19.5 Å². The van der Waals surface area contributed by atoms with Gasteiger partial charge >= 0.3 is 13.8 Å². The van der Waals surface area contributed by atoms with Gasteiger partial charge in [0.1, 0.15) is 6.61 Å². The molecule has 274 valence electrons. The third-order valence-corrected chi connectivity index (χ3v) is 9.26. The number of carbonyl (C=O) groups is 1. The lowest BCUT2D eigenvalue weighted by atomic mass is 10.0. The van der Waals surface area contributed by atoms with Crippen molar-refractivity contribution in [3.63, 3.8) is 0 Å². The molecule has 0 aliphatic carbocycles. The highest BCUT2D eigenvalue weighted by Gasteiger charge is 2.25. The van der Waals surface area contributed by atoms with E-state index in [0.29, 0.717) is 6.42 Å². The minimum absolute atomic E-state index is 0.0379. The molecule has 0 aliphatic rings. The molecule has 2 unspecified atom stereocenters. The van der Waals surface area contributed by atoms with Crippen LogP contribution in [0.2, 0.25) is 0 Å². The summed E-state index contributed by atoms with van der Waals surface area (Å²) >= 11 is 0. The highest BCUT2D eigenvalue weighted by atomic mass is 31.2. The number of phosphoric acid groups is 1. The molecule has 0 rings (SSSR count). The minimum atomic E-state index is -4.28. The minimum Gasteiger partial charge on any atom is -0.498 e. The molecular weight excluding hydrogens is 601 g/mol. The molecule has 0 heterocycles. The number of ether oxygens (including phenoxy) is 2. The van der Waals surface area contributed by atoms with Crippen LogP contribution in [0.5, 0.6) is 0 Å². The van der Waals surface area contributed by atoms with Gasteiger partial charge in [-0.2, -0.15) is 0 Å². The maximum Gasteiger partial charge on any atom is 0.472 e. The summed E-state index contributed by atoms with van der Waals surface area (Å²) < 4.78 is 33.0. The number of hydrogen-bond donors (Lipinski definition) is 2. The first-order chi connectivity index (χ1) is 22.4. The maximum absolute atomic E-state index is 12.5. The quantitative estimate of drug-likeness (QED) is 0.0289. The van der Waals surface area contributed by atoms with Crippen molar-refractivity contribution in [2.75, 3.05) is 26.4 Å².